The number of benzene rings is 2. The Morgan fingerprint density at radius 3 is 2.31 bits per heavy atom. The van der Waals surface area contributed by atoms with Gasteiger partial charge in [0, 0.05) is 5.75 Å². The predicted molar refractivity (Wildman–Crippen MR) is 103 cm³/mol. The molecule has 0 bridgehead atoms. The van der Waals surface area contributed by atoms with Gasteiger partial charge in [-0.3, -0.25) is 4.79 Å². The largest absolute Gasteiger partial charge is 0.480 e. The second kappa shape index (κ2) is 9.81. The summed E-state index contributed by atoms with van der Waals surface area (Å²) in [7, 11) is -4.75. The number of aromatic carboxylic acids is 1. The van der Waals surface area contributed by atoms with Gasteiger partial charge in [-0.15, -0.1) is 0 Å². The van der Waals surface area contributed by atoms with Crippen molar-refractivity contribution in [2.75, 3.05) is 11.5 Å². The van der Waals surface area contributed by atoms with Crippen LogP contribution in [0.25, 0.3) is 0 Å². The first-order valence-corrected chi connectivity index (χ1v) is 10.9. The van der Waals surface area contributed by atoms with E-state index in [9.17, 15) is 31.9 Å². The predicted octanol–water partition coefficient (Wildman–Crippen LogP) is 2.37. The van der Waals surface area contributed by atoms with Crippen LogP contribution in [0.5, 0.6) is 0 Å². The summed E-state index contributed by atoms with van der Waals surface area (Å²) in [6, 6.07) is 8.82. The topological polar surface area (TPSA) is 121 Å². The average Bonchev–Trinajstić information content (AvgIpc) is 2.64. The molecule has 11 heteroatoms. The molecule has 0 aliphatic heterocycles. The van der Waals surface area contributed by atoms with Gasteiger partial charge in [0.25, 0.3) is 0 Å². The zero-order chi connectivity index (χ0) is 21.6. The number of hydrogen-bond acceptors (Lipinski definition) is 5. The number of carbonyl (C=O) groups is 2. The van der Waals surface area contributed by atoms with Crippen LogP contribution in [-0.4, -0.2) is 48.1 Å². The molecule has 0 aliphatic carbocycles. The van der Waals surface area contributed by atoms with Gasteiger partial charge in [-0.05, 0) is 29.9 Å². The zero-order valence-corrected chi connectivity index (χ0v) is 16.5. The van der Waals surface area contributed by atoms with Crippen LogP contribution in [0.4, 0.5) is 8.78 Å². The highest BCUT2D eigenvalue weighted by Crippen LogP contribution is 2.22. The van der Waals surface area contributed by atoms with Gasteiger partial charge in [0.05, 0.1) is 0 Å². The van der Waals surface area contributed by atoms with Gasteiger partial charge in [0.1, 0.15) is 22.3 Å². The molecule has 1 atom stereocenters. The second-order valence-electron chi connectivity index (χ2n) is 5.86. The van der Waals surface area contributed by atoms with Gasteiger partial charge in [-0.1, -0.05) is 30.3 Å². The molecule has 2 rings (SSSR count). The Kier molecular flexibility index (Phi) is 7.71. The number of nitrogens with one attached hydrogen (secondary N) is 1. The van der Waals surface area contributed by atoms with Crippen molar-refractivity contribution in [2.24, 2.45) is 0 Å². The minimum atomic E-state index is -4.75. The maximum Gasteiger partial charge on any atom is 0.341 e. The fraction of sp³-hybridized carbons (Fsp3) is 0.222. The lowest BCUT2D eigenvalue weighted by atomic mass is 10.2. The van der Waals surface area contributed by atoms with E-state index >= 15 is 0 Å². The number of rotatable bonds is 10. The summed E-state index contributed by atoms with van der Waals surface area (Å²) in [5.41, 5.74) is -0.404. The molecule has 2 aromatic carbocycles. The molecular formula is C18H17F2NO6S2. The van der Waals surface area contributed by atoms with Gasteiger partial charge >= 0.3 is 11.9 Å². The molecule has 1 unspecified atom stereocenters. The highest BCUT2D eigenvalue weighted by Gasteiger charge is 2.31. The van der Waals surface area contributed by atoms with E-state index in [0.717, 1.165) is 5.56 Å². The van der Waals surface area contributed by atoms with Crippen LogP contribution in [0.15, 0.2) is 47.4 Å². The molecule has 0 spiro atoms. The monoisotopic (exact) mass is 445 g/mol. The average molecular weight is 445 g/mol. The highest BCUT2D eigenvalue weighted by atomic mass is 32.2. The molecule has 7 nitrogen and oxygen atoms in total. The highest BCUT2D eigenvalue weighted by molar-refractivity contribution is 7.99. The lowest BCUT2D eigenvalue weighted by Crippen LogP contribution is -2.43. The molecule has 0 radical (unpaired) electrons. The minimum absolute atomic E-state index is 0.143. The molecule has 0 amide bonds. The van der Waals surface area contributed by atoms with E-state index in [0.29, 0.717) is 24.3 Å². The Bertz CT molecular complexity index is 999. The van der Waals surface area contributed by atoms with Gasteiger partial charge in [0.2, 0.25) is 10.0 Å². The Morgan fingerprint density at radius 1 is 1.07 bits per heavy atom. The molecule has 2 aromatic rings. The van der Waals surface area contributed by atoms with Crippen molar-refractivity contribution in [3.8, 4) is 0 Å². The Labute approximate surface area is 169 Å². The third kappa shape index (κ3) is 5.99. The molecule has 29 heavy (non-hydrogen) atoms. The van der Waals surface area contributed by atoms with Crippen LogP contribution < -0.4 is 4.72 Å². The smallest absolute Gasteiger partial charge is 0.341 e. The van der Waals surface area contributed by atoms with Crippen molar-refractivity contribution in [3.63, 3.8) is 0 Å². The fourth-order valence-electron chi connectivity index (χ4n) is 2.38. The number of aryl methyl sites for hydroxylation is 1. The van der Waals surface area contributed by atoms with Crippen LogP contribution >= 0.6 is 11.8 Å². The van der Waals surface area contributed by atoms with E-state index < -0.39 is 50.1 Å². The molecule has 0 saturated carbocycles. The van der Waals surface area contributed by atoms with Gasteiger partial charge in [-0.25, -0.2) is 22.0 Å². The number of thioether (sulfide) groups is 1. The zero-order valence-electron chi connectivity index (χ0n) is 14.8. The molecular weight excluding hydrogens is 428 g/mol. The van der Waals surface area contributed by atoms with E-state index in [1.165, 1.54) is 11.8 Å². The van der Waals surface area contributed by atoms with Gasteiger partial charge in [-0.2, -0.15) is 16.5 Å². The number of carboxylic acids is 2. The van der Waals surface area contributed by atoms with Gasteiger partial charge < -0.3 is 10.2 Å². The minimum Gasteiger partial charge on any atom is -0.480 e. The van der Waals surface area contributed by atoms with E-state index in [2.05, 4.69) is 0 Å². The Balaban J connectivity index is 2.10. The molecule has 156 valence electrons. The SMILES string of the molecule is O=C(O)c1c(F)ccc(S(=O)(=O)NC(CSCCc2ccccc2)C(=O)O)c1F. The first kappa shape index (κ1) is 22.8. The van der Waals surface area contributed by atoms with Crippen molar-refractivity contribution in [1.29, 1.82) is 0 Å². The van der Waals surface area contributed by atoms with Crippen molar-refractivity contribution >= 4 is 33.7 Å². The summed E-state index contributed by atoms with van der Waals surface area (Å²) in [6.45, 7) is 0. The molecule has 0 aliphatic rings. The van der Waals surface area contributed by atoms with Crippen molar-refractivity contribution in [2.45, 2.75) is 17.4 Å². The number of halogens is 2. The van der Waals surface area contributed by atoms with Crippen LogP contribution in [0.3, 0.4) is 0 Å². The maximum absolute atomic E-state index is 14.2. The van der Waals surface area contributed by atoms with E-state index in [4.69, 9.17) is 5.11 Å². The number of carboxylic acid groups (broad SMARTS) is 2. The number of aliphatic carboxylic acids is 1. The van der Waals surface area contributed by atoms with E-state index in [1.807, 2.05) is 35.1 Å². The maximum atomic E-state index is 14.2. The van der Waals surface area contributed by atoms with E-state index in [-0.39, 0.29) is 5.75 Å². The lowest BCUT2D eigenvalue weighted by molar-refractivity contribution is -0.138. The van der Waals surface area contributed by atoms with E-state index in [1.54, 1.807) is 0 Å². The summed E-state index contributed by atoms with van der Waals surface area (Å²) >= 11 is 1.18. The van der Waals surface area contributed by atoms with Crippen molar-refractivity contribution < 1.29 is 37.0 Å². The Morgan fingerprint density at radius 2 is 1.72 bits per heavy atom. The number of sulfonamides is 1. The van der Waals surface area contributed by atoms with Crippen LogP contribution in [0.1, 0.15) is 15.9 Å². The van der Waals surface area contributed by atoms with Crippen LogP contribution in [0, 0.1) is 11.6 Å². The molecule has 3 N–H and O–H groups in total. The number of hydrogen-bond donors (Lipinski definition) is 3. The summed E-state index contributed by atoms with van der Waals surface area (Å²) in [5, 5.41) is 18.1. The summed E-state index contributed by atoms with van der Waals surface area (Å²) in [6.07, 6.45) is 0.638. The molecule has 0 aromatic heterocycles. The third-order valence-electron chi connectivity index (χ3n) is 3.82. The fourth-order valence-corrected chi connectivity index (χ4v) is 4.76. The van der Waals surface area contributed by atoms with Crippen LogP contribution in [0.2, 0.25) is 0 Å². The summed E-state index contributed by atoms with van der Waals surface area (Å²) < 4.78 is 54.3. The van der Waals surface area contributed by atoms with Crippen molar-refractivity contribution in [3.05, 3.63) is 65.2 Å². The second-order valence-corrected chi connectivity index (χ2v) is 8.69. The molecule has 0 heterocycles. The summed E-state index contributed by atoms with van der Waals surface area (Å²) in [4.78, 5) is 21.2. The third-order valence-corrected chi connectivity index (χ3v) is 6.37. The first-order valence-electron chi connectivity index (χ1n) is 8.21. The molecule has 0 fully saturated rings. The normalized spacial score (nSPS) is 12.5. The van der Waals surface area contributed by atoms with Crippen LogP contribution in [-0.2, 0) is 21.2 Å². The first-order chi connectivity index (χ1) is 13.6. The van der Waals surface area contributed by atoms with Crippen molar-refractivity contribution in [1.82, 2.24) is 4.72 Å². The van der Waals surface area contributed by atoms with Gasteiger partial charge in [0.15, 0.2) is 5.82 Å². The standard InChI is InChI=1S/C18H17F2NO6S2/c19-12-6-7-14(16(20)15(12)18(24)25)29(26,27)21-13(17(22)23)10-28-9-8-11-4-2-1-3-5-11/h1-7,13,21H,8-10H2,(H,22,23)(H,24,25). The Hall–Kier alpha value is -2.50. The molecule has 0 saturated heterocycles. The quantitative estimate of drug-likeness (QED) is 0.480. The lowest BCUT2D eigenvalue weighted by Gasteiger charge is -2.15. The summed E-state index contributed by atoms with van der Waals surface area (Å²) in [5.74, 6) is -6.34.